The van der Waals surface area contributed by atoms with E-state index in [2.05, 4.69) is 20.5 Å². The number of aromatic carboxylic acids is 1. The molecule has 2 rings (SSSR count). The third kappa shape index (κ3) is 4.69. The number of likely N-dealkylation sites (N-methyl/N-ethyl adjacent to an activating group) is 1. The number of carboxylic acid groups (broad SMARTS) is 1. The minimum atomic E-state index is -1.11. The number of amides is 2. The van der Waals surface area contributed by atoms with Gasteiger partial charge >= 0.3 is 12.0 Å². The number of morpholine rings is 1. The topological polar surface area (TPSA) is 104 Å². The Morgan fingerprint density at radius 1 is 1.52 bits per heavy atom. The molecule has 0 spiro atoms. The van der Waals surface area contributed by atoms with Gasteiger partial charge in [0.25, 0.3) is 0 Å². The zero-order chi connectivity index (χ0) is 15.2. The lowest BCUT2D eigenvalue weighted by atomic mass is 10.3. The molecule has 1 aromatic heterocycles. The normalized spacial score (nSPS) is 19.0. The molecule has 1 aromatic rings. The molecule has 1 aliphatic rings. The largest absolute Gasteiger partial charge is 0.477 e. The summed E-state index contributed by atoms with van der Waals surface area (Å²) < 4.78 is 5.53. The van der Waals surface area contributed by atoms with Crippen LogP contribution in [0.3, 0.4) is 0 Å². The Morgan fingerprint density at radius 3 is 2.95 bits per heavy atom. The highest BCUT2D eigenvalue weighted by atomic mass is 16.5. The van der Waals surface area contributed by atoms with Crippen molar-refractivity contribution in [2.75, 3.05) is 38.6 Å². The number of carboxylic acids is 1. The minimum absolute atomic E-state index is 0.0259. The molecule has 2 heterocycles. The van der Waals surface area contributed by atoms with Gasteiger partial charge in [-0.25, -0.2) is 14.6 Å². The first-order valence-electron chi connectivity index (χ1n) is 6.59. The number of carbonyl (C=O) groups is 2. The molecule has 114 valence electrons. The Bertz CT molecular complexity index is 505. The van der Waals surface area contributed by atoms with Crippen molar-refractivity contribution < 1.29 is 19.4 Å². The summed E-state index contributed by atoms with van der Waals surface area (Å²) in [5.74, 6) is -1.11. The number of anilines is 1. The lowest BCUT2D eigenvalue weighted by Gasteiger charge is -2.30. The summed E-state index contributed by atoms with van der Waals surface area (Å²) in [5.41, 5.74) is 0.360. The maximum absolute atomic E-state index is 11.7. The lowest BCUT2D eigenvalue weighted by Crippen LogP contribution is -2.46. The van der Waals surface area contributed by atoms with E-state index in [1.165, 1.54) is 18.3 Å². The average molecular weight is 294 g/mol. The summed E-state index contributed by atoms with van der Waals surface area (Å²) in [6.07, 6.45) is 1.27. The standard InChI is InChI=1S/C13H18N4O4/c1-17-4-5-21-10(8-17)7-15-13(20)16-9-2-3-11(12(18)19)14-6-9/h2-3,6,10H,4-5,7-8H2,1H3,(H,18,19)(H2,15,16,20). The smallest absolute Gasteiger partial charge is 0.354 e. The first-order valence-corrected chi connectivity index (χ1v) is 6.59. The van der Waals surface area contributed by atoms with Crippen LogP contribution in [0.1, 0.15) is 10.5 Å². The van der Waals surface area contributed by atoms with Gasteiger partial charge in [0.15, 0.2) is 0 Å². The minimum Gasteiger partial charge on any atom is -0.477 e. The SMILES string of the molecule is CN1CCOC(CNC(=O)Nc2ccc(C(=O)O)nc2)C1. The van der Waals surface area contributed by atoms with E-state index < -0.39 is 5.97 Å². The molecule has 0 saturated carbocycles. The highest BCUT2D eigenvalue weighted by Crippen LogP contribution is 2.06. The molecule has 1 aliphatic heterocycles. The van der Waals surface area contributed by atoms with Crippen LogP contribution in [0.15, 0.2) is 18.3 Å². The number of rotatable bonds is 4. The summed E-state index contributed by atoms with van der Waals surface area (Å²) in [6.45, 7) is 2.74. The average Bonchev–Trinajstić information content (AvgIpc) is 2.46. The van der Waals surface area contributed by atoms with E-state index in [-0.39, 0.29) is 17.8 Å². The monoisotopic (exact) mass is 294 g/mol. The van der Waals surface area contributed by atoms with Crippen LogP contribution in [0.2, 0.25) is 0 Å². The van der Waals surface area contributed by atoms with Gasteiger partial charge in [0.1, 0.15) is 5.69 Å². The van der Waals surface area contributed by atoms with E-state index in [1.807, 2.05) is 7.05 Å². The van der Waals surface area contributed by atoms with Crippen molar-refractivity contribution in [3.63, 3.8) is 0 Å². The van der Waals surface area contributed by atoms with E-state index in [0.29, 0.717) is 18.8 Å². The fourth-order valence-corrected chi connectivity index (χ4v) is 1.97. The van der Waals surface area contributed by atoms with Crippen LogP contribution < -0.4 is 10.6 Å². The predicted octanol–water partition coefficient (Wildman–Crippen LogP) is 0.232. The third-order valence-electron chi connectivity index (χ3n) is 3.07. The molecule has 21 heavy (non-hydrogen) atoms. The van der Waals surface area contributed by atoms with Gasteiger partial charge in [0.05, 0.1) is 24.6 Å². The fourth-order valence-electron chi connectivity index (χ4n) is 1.97. The van der Waals surface area contributed by atoms with Crippen LogP contribution in [-0.2, 0) is 4.74 Å². The van der Waals surface area contributed by atoms with Crippen molar-refractivity contribution in [3.8, 4) is 0 Å². The zero-order valence-electron chi connectivity index (χ0n) is 11.7. The molecule has 1 unspecified atom stereocenters. The quantitative estimate of drug-likeness (QED) is 0.734. The van der Waals surface area contributed by atoms with Gasteiger partial charge in [-0.05, 0) is 19.2 Å². The van der Waals surface area contributed by atoms with Gasteiger partial charge in [-0.15, -0.1) is 0 Å². The molecular formula is C13H18N4O4. The number of hydrogen-bond donors (Lipinski definition) is 3. The van der Waals surface area contributed by atoms with Gasteiger partial charge in [0, 0.05) is 19.6 Å². The maximum atomic E-state index is 11.7. The zero-order valence-corrected chi connectivity index (χ0v) is 11.7. The van der Waals surface area contributed by atoms with Gasteiger partial charge in [-0.1, -0.05) is 0 Å². The molecular weight excluding hydrogens is 276 g/mol. The summed E-state index contributed by atoms with van der Waals surface area (Å²) in [6, 6.07) is 2.44. The Kier molecular flexibility index (Phi) is 5.07. The van der Waals surface area contributed by atoms with Crippen molar-refractivity contribution in [2.24, 2.45) is 0 Å². The van der Waals surface area contributed by atoms with E-state index in [0.717, 1.165) is 13.1 Å². The van der Waals surface area contributed by atoms with Crippen molar-refractivity contribution in [2.45, 2.75) is 6.10 Å². The van der Waals surface area contributed by atoms with Gasteiger partial charge in [-0.2, -0.15) is 0 Å². The number of nitrogens with one attached hydrogen (secondary N) is 2. The second-order valence-electron chi connectivity index (χ2n) is 4.83. The van der Waals surface area contributed by atoms with Crippen LogP contribution in [0.4, 0.5) is 10.5 Å². The number of urea groups is 1. The lowest BCUT2D eigenvalue weighted by molar-refractivity contribution is -0.0166. The number of carbonyl (C=O) groups excluding carboxylic acids is 1. The summed E-state index contributed by atoms with van der Waals surface area (Å²) in [5, 5.41) is 14.0. The third-order valence-corrected chi connectivity index (χ3v) is 3.07. The van der Waals surface area contributed by atoms with Crippen molar-refractivity contribution in [1.29, 1.82) is 0 Å². The molecule has 0 radical (unpaired) electrons. The van der Waals surface area contributed by atoms with Crippen molar-refractivity contribution >= 4 is 17.7 Å². The highest BCUT2D eigenvalue weighted by molar-refractivity contribution is 5.90. The van der Waals surface area contributed by atoms with Crippen LogP contribution in [0, 0.1) is 0 Å². The number of nitrogens with zero attached hydrogens (tertiary/aromatic N) is 2. The van der Waals surface area contributed by atoms with Crippen LogP contribution in [0.5, 0.6) is 0 Å². The van der Waals surface area contributed by atoms with E-state index in [1.54, 1.807) is 0 Å². The van der Waals surface area contributed by atoms with Crippen molar-refractivity contribution in [3.05, 3.63) is 24.0 Å². The van der Waals surface area contributed by atoms with Crippen molar-refractivity contribution in [1.82, 2.24) is 15.2 Å². The molecule has 3 N–H and O–H groups in total. The van der Waals surface area contributed by atoms with E-state index in [4.69, 9.17) is 9.84 Å². The number of hydrogen-bond acceptors (Lipinski definition) is 5. The number of pyridine rings is 1. The molecule has 1 atom stereocenters. The highest BCUT2D eigenvalue weighted by Gasteiger charge is 2.18. The molecule has 2 amide bonds. The number of ether oxygens (including phenoxy) is 1. The Balaban J connectivity index is 1.77. The second-order valence-corrected chi connectivity index (χ2v) is 4.83. The molecule has 0 bridgehead atoms. The van der Waals surface area contributed by atoms with Crippen LogP contribution >= 0.6 is 0 Å². The number of aromatic nitrogens is 1. The Morgan fingerprint density at radius 2 is 2.33 bits per heavy atom. The molecule has 0 aliphatic carbocycles. The van der Waals surface area contributed by atoms with Gasteiger partial charge in [0.2, 0.25) is 0 Å². The molecule has 8 heteroatoms. The predicted molar refractivity (Wildman–Crippen MR) is 75.5 cm³/mol. The van der Waals surface area contributed by atoms with Gasteiger partial charge in [-0.3, -0.25) is 0 Å². The van der Waals surface area contributed by atoms with E-state index in [9.17, 15) is 9.59 Å². The Labute approximate surface area is 122 Å². The summed E-state index contributed by atoms with van der Waals surface area (Å²) in [7, 11) is 2.01. The summed E-state index contributed by atoms with van der Waals surface area (Å²) >= 11 is 0. The first kappa shape index (κ1) is 15.2. The molecule has 1 saturated heterocycles. The fraction of sp³-hybridized carbons (Fsp3) is 0.462. The first-order chi connectivity index (χ1) is 10.0. The Hall–Kier alpha value is -2.19. The van der Waals surface area contributed by atoms with E-state index >= 15 is 0 Å². The second kappa shape index (κ2) is 7.00. The van der Waals surface area contributed by atoms with Gasteiger partial charge < -0.3 is 25.4 Å². The van der Waals surface area contributed by atoms with Crippen LogP contribution in [-0.4, -0.2) is 66.4 Å². The summed E-state index contributed by atoms with van der Waals surface area (Å²) in [4.78, 5) is 28.2. The molecule has 1 fully saturated rings. The maximum Gasteiger partial charge on any atom is 0.354 e. The molecule has 0 aromatic carbocycles. The molecule has 8 nitrogen and oxygen atoms in total. The van der Waals surface area contributed by atoms with Crippen LogP contribution in [0.25, 0.3) is 0 Å².